The van der Waals surface area contributed by atoms with E-state index in [2.05, 4.69) is 9.47 Å². The number of nitrogens with one attached hydrogen (secondary N) is 2. The minimum Gasteiger partial charge on any atom is -0.484 e. The van der Waals surface area contributed by atoms with Crippen molar-refractivity contribution in [3.63, 3.8) is 0 Å². The second-order valence-electron chi connectivity index (χ2n) is 6.37. The first-order valence-corrected chi connectivity index (χ1v) is 10.1. The Balaban J connectivity index is 2.19. The number of hydrogen-bond acceptors (Lipinski definition) is 5. The summed E-state index contributed by atoms with van der Waals surface area (Å²) in [4.78, 5) is 11.8. The van der Waals surface area contributed by atoms with Gasteiger partial charge in [0.1, 0.15) is 11.5 Å². The summed E-state index contributed by atoms with van der Waals surface area (Å²) in [6.07, 6.45) is -9.48. The smallest absolute Gasteiger partial charge is 0.422 e. The van der Waals surface area contributed by atoms with E-state index in [1.54, 1.807) is 11.6 Å². The van der Waals surface area contributed by atoms with Gasteiger partial charge in [0.05, 0.1) is 4.90 Å². The number of ether oxygens (including phenoxy) is 2. The molecule has 0 radical (unpaired) electrons. The fraction of sp³-hybridized carbons (Fsp3) is 0.278. The fourth-order valence-electron chi connectivity index (χ4n) is 2.20. The molecule has 0 fully saturated rings. The standard InChI is InChI=1S/C18H16F6N2O5S/c1-11-2-4-15(5-3-11)32(28,29)26-16(27)25-12-6-13(30-9-17(19,20)21)8-14(7-12)31-10-18(22,23)24/h2-8H,9-10H2,1H3,(H2,25,26,27). The van der Waals surface area contributed by atoms with E-state index < -0.39 is 53.1 Å². The quantitative estimate of drug-likeness (QED) is 0.567. The zero-order chi connectivity index (χ0) is 24.2. The average Bonchev–Trinajstić information content (AvgIpc) is 2.63. The number of hydrogen-bond donors (Lipinski definition) is 2. The molecule has 0 atom stereocenters. The van der Waals surface area contributed by atoms with Crippen LogP contribution in [0.1, 0.15) is 5.56 Å². The lowest BCUT2D eigenvalue weighted by Crippen LogP contribution is -2.34. The molecule has 0 saturated heterocycles. The largest absolute Gasteiger partial charge is 0.484 e. The van der Waals surface area contributed by atoms with Crippen molar-refractivity contribution in [2.45, 2.75) is 24.2 Å². The molecule has 0 aliphatic rings. The van der Waals surface area contributed by atoms with Gasteiger partial charge in [-0.2, -0.15) is 26.3 Å². The van der Waals surface area contributed by atoms with E-state index in [4.69, 9.17) is 0 Å². The van der Waals surface area contributed by atoms with Crippen LogP contribution in [0.2, 0.25) is 0 Å². The Morgan fingerprint density at radius 3 is 1.78 bits per heavy atom. The lowest BCUT2D eigenvalue weighted by atomic mass is 10.2. The van der Waals surface area contributed by atoms with E-state index in [0.29, 0.717) is 0 Å². The van der Waals surface area contributed by atoms with Crippen molar-refractivity contribution >= 4 is 21.7 Å². The van der Waals surface area contributed by atoms with E-state index in [0.717, 1.165) is 23.8 Å². The minimum absolute atomic E-state index is 0.241. The molecule has 32 heavy (non-hydrogen) atoms. The summed E-state index contributed by atoms with van der Waals surface area (Å²) < 4.78 is 109. The van der Waals surface area contributed by atoms with Crippen LogP contribution in [-0.2, 0) is 10.0 Å². The van der Waals surface area contributed by atoms with Gasteiger partial charge < -0.3 is 14.8 Å². The summed E-state index contributed by atoms with van der Waals surface area (Å²) >= 11 is 0. The lowest BCUT2D eigenvalue weighted by molar-refractivity contribution is -0.153. The Hall–Kier alpha value is -3.16. The van der Waals surface area contributed by atoms with E-state index in [1.165, 1.54) is 24.3 Å². The van der Waals surface area contributed by atoms with Gasteiger partial charge in [-0.25, -0.2) is 17.9 Å². The first kappa shape index (κ1) is 25.1. The molecule has 176 valence electrons. The zero-order valence-corrected chi connectivity index (χ0v) is 17.0. The molecule has 2 amide bonds. The van der Waals surface area contributed by atoms with Crippen LogP contribution in [0.5, 0.6) is 11.5 Å². The van der Waals surface area contributed by atoms with E-state index in [1.807, 2.05) is 5.32 Å². The number of halogens is 6. The summed E-state index contributed by atoms with van der Waals surface area (Å²) in [6, 6.07) is 6.58. The molecule has 2 aromatic rings. The molecule has 0 bridgehead atoms. The van der Waals surface area contributed by atoms with Crippen molar-refractivity contribution in [3.8, 4) is 11.5 Å². The molecule has 0 spiro atoms. The van der Waals surface area contributed by atoms with Gasteiger partial charge in [-0.15, -0.1) is 0 Å². The maximum absolute atomic E-state index is 12.4. The number of anilines is 1. The topological polar surface area (TPSA) is 93.7 Å². The van der Waals surface area contributed by atoms with E-state index in [-0.39, 0.29) is 10.6 Å². The maximum atomic E-state index is 12.4. The maximum Gasteiger partial charge on any atom is 0.422 e. The van der Waals surface area contributed by atoms with Crippen LogP contribution in [0.25, 0.3) is 0 Å². The Morgan fingerprint density at radius 2 is 1.34 bits per heavy atom. The Bertz CT molecular complexity index is 1020. The van der Waals surface area contributed by atoms with Crippen LogP contribution in [0, 0.1) is 6.92 Å². The second-order valence-corrected chi connectivity index (χ2v) is 8.06. The fourth-order valence-corrected chi connectivity index (χ4v) is 3.10. The molecule has 2 aromatic carbocycles. The highest BCUT2D eigenvalue weighted by atomic mass is 32.2. The number of alkyl halides is 6. The number of carbonyl (C=O) groups excluding carboxylic acids is 1. The molecule has 0 unspecified atom stereocenters. The first-order chi connectivity index (χ1) is 14.6. The SMILES string of the molecule is Cc1ccc(S(=O)(=O)NC(=O)Nc2cc(OCC(F)(F)F)cc(OCC(F)(F)F)c2)cc1. The van der Waals surface area contributed by atoms with Crippen molar-refractivity contribution in [2.24, 2.45) is 0 Å². The molecular weight excluding hydrogens is 470 g/mol. The van der Waals surface area contributed by atoms with Gasteiger partial charge in [0.15, 0.2) is 13.2 Å². The molecule has 7 nitrogen and oxygen atoms in total. The zero-order valence-electron chi connectivity index (χ0n) is 16.2. The predicted octanol–water partition coefficient (Wildman–Crippen LogP) is 4.39. The number of aryl methyl sites for hydroxylation is 1. The second kappa shape index (κ2) is 9.54. The van der Waals surface area contributed by atoms with E-state index in [9.17, 15) is 39.6 Å². The van der Waals surface area contributed by atoms with Gasteiger partial charge in [0.25, 0.3) is 10.0 Å². The molecule has 14 heteroatoms. The van der Waals surface area contributed by atoms with Crippen molar-refractivity contribution in [2.75, 3.05) is 18.5 Å². The van der Waals surface area contributed by atoms with Crippen LogP contribution in [0.15, 0.2) is 47.4 Å². The Morgan fingerprint density at radius 1 is 0.875 bits per heavy atom. The number of sulfonamides is 1. The summed E-state index contributed by atoms with van der Waals surface area (Å²) in [5.74, 6) is -1.14. The van der Waals surface area contributed by atoms with Crippen molar-refractivity contribution < 1.29 is 49.0 Å². The monoisotopic (exact) mass is 486 g/mol. The third-order valence-electron chi connectivity index (χ3n) is 3.50. The van der Waals surface area contributed by atoms with E-state index >= 15 is 0 Å². The summed E-state index contributed by atoms with van der Waals surface area (Å²) in [6.45, 7) is -1.81. The molecular formula is C18H16F6N2O5S. The van der Waals surface area contributed by atoms with Crippen molar-refractivity contribution in [1.82, 2.24) is 4.72 Å². The van der Waals surface area contributed by atoms with Crippen LogP contribution >= 0.6 is 0 Å². The molecule has 0 aliphatic carbocycles. The molecule has 0 heterocycles. The lowest BCUT2D eigenvalue weighted by Gasteiger charge is -2.15. The highest BCUT2D eigenvalue weighted by molar-refractivity contribution is 7.90. The minimum atomic E-state index is -4.74. The number of urea groups is 1. The molecule has 0 saturated carbocycles. The van der Waals surface area contributed by atoms with Crippen molar-refractivity contribution in [1.29, 1.82) is 0 Å². The summed E-state index contributed by atoms with van der Waals surface area (Å²) in [5, 5.41) is 2.00. The average molecular weight is 486 g/mol. The summed E-state index contributed by atoms with van der Waals surface area (Å²) in [5.41, 5.74) is 0.383. The van der Waals surface area contributed by atoms with Gasteiger partial charge in [0.2, 0.25) is 0 Å². The summed E-state index contributed by atoms with van der Waals surface area (Å²) in [7, 11) is -4.30. The molecule has 0 aliphatic heterocycles. The Kier molecular flexibility index (Phi) is 7.49. The van der Waals surface area contributed by atoms with Gasteiger partial charge >= 0.3 is 18.4 Å². The number of rotatable bonds is 7. The third-order valence-corrected chi connectivity index (χ3v) is 4.85. The highest BCUT2D eigenvalue weighted by Gasteiger charge is 2.30. The number of amides is 2. The molecule has 2 rings (SSSR count). The Labute approximate surface area is 178 Å². The van der Waals surface area contributed by atoms with Crippen LogP contribution in [0.4, 0.5) is 36.8 Å². The highest BCUT2D eigenvalue weighted by Crippen LogP contribution is 2.29. The molecule has 2 N–H and O–H groups in total. The number of benzene rings is 2. The molecule has 0 aromatic heterocycles. The van der Waals surface area contributed by atoms with Gasteiger partial charge in [-0.1, -0.05) is 17.7 Å². The first-order valence-electron chi connectivity index (χ1n) is 8.58. The van der Waals surface area contributed by atoms with Crippen molar-refractivity contribution in [3.05, 3.63) is 48.0 Å². The van der Waals surface area contributed by atoms with Gasteiger partial charge in [-0.05, 0) is 19.1 Å². The normalized spacial score (nSPS) is 12.2. The van der Waals surface area contributed by atoms with Gasteiger partial charge in [0, 0.05) is 23.9 Å². The van der Waals surface area contributed by atoms with Crippen LogP contribution < -0.4 is 19.5 Å². The number of carbonyl (C=O) groups is 1. The van der Waals surface area contributed by atoms with Crippen LogP contribution in [-0.4, -0.2) is 40.0 Å². The van der Waals surface area contributed by atoms with Crippen LogP contribution in [0.3, 0.4) is 0 Å². The van der Waals surface area contributed by atoms with Gasteiger partial charge in [-0.3, -0.25) is 0 Å². The third kappa shape index (κ3) is 8.53. The predicted molar refractivity (Wildman–Crippen MR) is 100 cm³/mol.